The predicted octanol–water partition coefficient (Wildman–Crippen LogP) is 9.76. The normalized spacial score (nSPS) is 13.7. The summed E-state index contributed by atoms with van der Waals surface area (Å²) in [4.78, 5) is 9.56. The van der Waals surface area contributed by atoms with E-state index in [0.717, 1.165) is 41.2 Å². The van der Waals surface area contributed by atoms with Gasteiger partial charge in [-0.2, -0.15) is 0 Å². The number of imidazole rings is 1. The third-order valence-electron chi connectivity index (χ3n) is 10.2. The van der Waals surface area contributed by atoms with E-state index in [1.54, 1.807) is 0 Å². The van der Waals surface area contributed by atoms with Crippen molar-refractivity contribution in [1.82, 2.24) is 19.0 Å². The highest BCUT2D eigenvalue weighted by Gasteiger charge is 2.22. The molecular formula is C43H33N5. The molecule has 0 unspecified atom stereocenters. The second kappa shape index (κ2) is 10.2. The zero-order chi connectivity index (χ0) is 31.9. The topological polar surface area (TPSA) is 29.2 Å². The van der Waals surface area contributed by atoms with Crippen molar-refractivity contribution in [3.63, 3.8) is 0 Å². The first kappa shape index (κ1) is 27.1. The molecular weight excluding hydrogens is 587 g/mol. The molecule has 230 valence electrons. The molecule has 0 radical (unpaired) electrons. The smallest absolute Gasteiger partial charge is 0.140 e. The van der Waals surface area contributed by atoms with Crippen LogP contribution in [0.3, 0.4) is 0 Å². The van der Waals surface area contributed by atoms with Crippen LogP contribution in [-0.4, -0.2) is 32.7 Å². The van der Waals surface area contributed by atoms with Gasteiger partial charge < -0.3 is 18.9 Å². The largest absolute Gasteiger partial charge is 0.361 e. The Bertz CT molecular complexity index is 2620. The summed E-state index contributed by atoms with van der Waals surface area (Å²) < 4.78 is 4.68. The highest BCUT2D eigenvalue weighted by atomic mass is 15.3. The minimum Gasteiger partial charge on any atom is -0.361 e. The average molecular weight is 620 g/mol. The van der Waals surface area contributed by atoms with Crippen molar-refractivity contribution in [2.75, 3.05) is 18.6 Å². The van der Waals surface area contributed by atoms with Gasteiger partial charge in [0.15, 0.2) is 0 Å². The van der Waals surface area contributed by atoms with Gasteiger partial charge in [0.2, 0.25) is 0 Å². The van der Waals surface area contributed by atoms with Crippen LogP contribution in [0, 0.1) is 0 Å². The monoisotopic (exact) mass is 619 g/mol. The molecule has 0 amide bonds. The SMILES string of the molecule is CN1C=CN(c2cccc(-n3c4cc(-c5nc6ccccc6n5C)ccc4c4cccc(-c5ccc6c(c5)Cc5ccccc5-6)c43)c2)C1. The first-order valence-electron chi connectivity index (χ1n) is 16.6. The van der Waals surface area contributed by atoms with Crippen molar-refractivity contribution in [3.8, 4) is 39.3 Å². The minimum atomic E-state index is 0.830. The number of hydrogen-bond donors (Lipinski definition) is 0. The molecule has 6 aromatic carbocycles. The summed E-state index contributed by atoms with van der Waals surface area (Å²) in [5.74, 6) is 0.965. The van der Waals surface area contributed by atoms with E-state index in [4.69, 9.17) is 4.98 Å². The first-order valence-corrected chi connectivity index (χ1v) is 16.6. The lowest BCUT2D eigenvalue weighted by Gasteiger charge is -2.20. The third-order valence-corrected chi connectivity index (χ3v) is 10.2. The van der Waals surface area contributed by atoms with Crippen LogP contribution in [0.15, 0.2) is 140 Å². The maximum Gasteiger partial charge on any atom is 0.140 e. The fraction of sp³-hybridized carbons (Fsp3) is 0.0930. The van der Waals surface area contributed by atoms with Gasteiger partial charge in [0, 0.05) is 59.8 Å². The van der Waals surface area contributed by atoms with E-state index in [0.29, 0.717) is 0 Å². The Kier molecular flexibility index (Phi) is 5.76. The number of nitrogens with zero attached hydrogens (tertiary/aromatic N) is 5. The van der Waals surface area contributed by atoms with Crippen molar-refractivity contribution in [2.45, 2.75) is 6.42 Å². The number of aromatic nitrogens is 3. The molecule has 0 bridgehead atoms. The molecule has 5 nitrogen and oxygen atoms in total. The Labute approximate surface area is 279 Å². The zero-order valence-corrected chi connectivity index (χ0v) is 26.9. The second-order valence-electron chi connectivity index (χ2n) is 13.1. The number of hydrogen-bond acceptors (Lipinski definition) is 3. The Balaban J connectivity index is 1.23. The van der Waals surface area contributed by atoms with Crippen molar-refractivity contribution >= 4 is 38.5 Å². The summed E-state index contributed by atoms with van der Waals surface area (Å²) in [5, 5.41) is 2.48. The fourth-order valence-corrected chi connectivity index (χ4v) is 7.93. The molecule has 10 rings (SSSR count). The summed E-state index contributed by atoms with van der Waals surface area (Å²) in [6.07, 6.45) is 5.25. The lowest BCUT2D eigenvalue weighted by molar-refractivity contribution is 0.496. The van der Waals surface area contributed by atoms with Gasteiger partial charge in [0.05, 0.1) is 28.7 Å². The van der Waals surface area contributed by atoms with Crippen LogP contribution in [0.25, 0.3) is 72.2 Å². The number of rotatable bonds is 4. The van der Waals surface area contributed by atoms with Gasteiger partial charge in [-0.25, -0.2) is 4.98 Å². The summed E-state index contributed by atoms with van der Waals surface area (Å²) in [5.41, 5.74) is 15.9. The fourth-order valence-electron chi connectivity index (χ4n) is 7.93. The van der Waals surface area contributed by atoms with Gasteiger partial charge in [-0.1, -0.05) is 91.0 Å². The molecule has 2 aromatic heterocycles. The van der Waals surface area contributed by atoms with Crippen LogP contribution >= 0.6 is 0 Å². The molecule has 3 heterocycles. The van der Waals surface area contributed by atoms with E-state index in [1.807, 2.05) is 0 Å². The first-order chi connectivity index (χ1) is 23.6. The molecule has 48 heavy (non-hydrogen) atoms. The standard InChI is InChI=1S/C43H33N5/c1-45-21-22-47(27-45)32-10-7-11-33(26-32)48-41-25-30(43-44-39-15-5-6-16-40(39)46(43)2)18-20-37(41)38-14-8-13-36(42(38)48)29-17-19-35-31(24-29)23-28-9-3-4-12-34(28)35/h3-22,24-26H,23,27H2,1-2H3. The molecule has 0 spiro atoms. The Morgan fingerprint density at radius 1 is 0.562 bits per heavy atom. The molecule has 1 aliphatic heterocycles. The third kappa shape index (κ3) is 4.00. The zero-order valence-electron chi connectivity index (χ0n) is 26.9. The second-order valence-corrected chi connectivity index (χ2v) is 13.1. The van der Waals surface area contributed by atoms with Gasteiger partial charge in [-0.15, -0.1) is 0 Å². The molecule has 0 fully saturated rings. The van der Waals surface area contributed by atoms with Crippen LogP contribution in [-0.2, 0) is 13.5 Å². The Hall–Kier alpha value is -6.07. The van der Waals surface area contributed by atoms with Crippen LogP contribution in [0.5, 0.6) is 0 Å². The van der Waals surface area contributed by atoms with Crippen molar-refractivity contribution < 1.29 is 0 Å². The molecule has 1 aliphatic carbocycles. The molecule has 0 N–H and O–H groups in total. The quantitative estimate of drug-likeness (QED) is 0.196. The number of anilines is 1. The van der Waals surface area contributed by atoms with Gasteiger partial charge in [-0.3, -0.25) is 0 Å². The number of aryl methyl sites for hydroxylation is 1. The van der Waals surface area contributed by atoms with E-state index in [-0.39, 0.29) is 0 Å². The lowest BCUT2D eigenvalue weighted by atomic mass is 9.97. The van der Waals surface area contributed by atoms with Gasteiger partial charge in [0.25, 0.3) is 0 Å². The van der Waals surface area contributed by atoms with Crippen molar-refractivity contribution in [1.29, 1.82) is 0 Å². The van der Waals surface area contributed by atoms with Gasteiger partial charge in [-0.05, 0) is 70.6 Å². The molecule has 8 aromatic rings. The highest BCUT2D eigenvalue weighted by Crippen LogP contribution is 2.43. The summed E-state index contributed by atoms with van der Waals surface area (Å²) >= 11 is 0. The Morgan fingerprint density at radius 3 is 2.25 bits per heavy atom. The van der Waals surface area contributed by atoms with Gasteiger partial charge >= 0.3 is 0 Å². The van der Waals surface area contributed by atoms with E-state index < -0.39 is 0 Å². The van der Waals surface area contributed by atoms with Crippen molar-refractivity contribution in [2.24, 2.45) is 7.05 Å². The summed E-state index contributed by atoms with van der Waals surface area (Å²) in [7, 11) is 4.22. The Morgan fingerprint density at radius 2 is 1.35 bits per heavy atom. The lowest BCUT2D eigenvalue weighted by Crippen LogP contribution is -2.21. The highest BCUT2D eigenvalue weighted by molar-refractivity contribution is 6.14. The summed E-state index contributed by atoms with van der Waals surface area (Å²) in [6, 6.07) is 46.8. The van der Waals surface area contributed by atoms with Crippen LogP contribution < -0.4 is 4.90 Å². The maximum atomic E-state index is 5.07. The average Bonchev–Trinajstić information content (AvgIpc) is 3.89. The predicted molar refractivity (Wildman–Crippen MR) is 198 cm³/mol. The number of para-hydroxylation sites is 3. The van der Waals surface area contributed by atoms with E-state index in [9.17, 15) is 0 Å². The van der Waals surface area contributed by atoms with Crippen LogP contribution in [0.2, 0.25) is 0 Å². The molecule has 2 aliphatic rings. The maximum absolute atomic E-state index is 5.07. The molecule has 0 saturated heterocycles. The van der Waals surface area contributed by atoms with Crippen LogP contribution in [0.4, 0.5) is 5.69 Å². The number of benzene rings is 6. The number of fused-ring (bicyclic) bond motifs is 7. The van der Waals surface area contributed by atoms with Crippen molar-refractivity contribution in [3.05, 3.63) is 151 Å². The van der Waals surface area contributed by atoms with Crippen LogP contribution in [0.1, 0.15) is 11.1 Å². The molecule has 0 atom stereocenters. The van der Waals surface area contributed by atoms with E-state index in [2.05, 4.69) is 173 Å². The minimum absolute atomic E-state index is 0.830. The summed E-state index contributed by atoms with van der Waals surface area (Å²) in [6.45, 7) is 0.830. The van der Waals surface area contributed by atoms with E-state index in [1.165, 1.54) is 60.9 Å². The molecule has 5 heteroatoms. The molecule has 0 saturated carbocycles. The van der Waals surface area contributed by atoms with Gasteiger partial charge in [0.1, 0.15) is 5.82 Å². The van der Waals surface area contributed by atoms with E-state index >= 15 is 0 Å².